The maximum absolute atomic E-state index is 12.3. The number of hydrogen-bond acceptors (Lipinski definition) is 9. The molecule has 0 aliphatic carbocycles. The molecule has 1 aliphatic rings. The van der Waals surface area contributed by atoms with E-state index in [1.807, 2.05) is 32.0 Å². The summed E-state index contributed by atoms with van der Waals surface area (Å²) in [6.07, 6.45) is 0.908. The molecule has 2 N–H and O–H groups in total. The summed E-state index contributed by atoms with van der Waals surface area (Å²) >= 11 is 4.06. The molecule has 0 radical (unpaired) electrons. The van der Waals surface area contributed by atoms with Crippen LogP contribution in [0.1, 0.15) is 31.9 Å². The third kappa shape index (κ3) is 6.51. The number of nitrogens with zero attached hydrogens (tertiary/aromatic N) is 2. The van der Waals surface area contributed by atoms with Gasteiger partial charge in [0.2, 0.25) is 18.6 Å². The molecule has 3 rings (SSSR count). The van der Waals surface area contributed by atoms with Crippen LogP contribution in [0.4, 0.5) is 0 Å². The van der Waals surface area contributed by atoms with Gasteiger partial charge in [0.15, 0.2) is 20.2 Å². The first-order valence-electron chi connectivity index (χ1n) is 9.10. The van der Waals surface area contributed by atoms with Gasteiger partial charge in [-0.05, 0) is 31.0 Å². The Morgan fingerprint density at radius 2 is 1.83 bits per heavy atom. The monoisotopic (exact) mass is 454 g/mol. The molecule has 2 heterocycles. The van der Waals surface area contributed by atoms with Gasteiger partial charge in [0.25, 0.3) is 0 Å². The molecule has 8 nitrogen and oxygen atoms in total. The highest BCUT2D eigenvalue weighted by molar-refractivity contribution is 8.03. The van der Waals surface area contributed by atoms with E-state index in [9.17, 15) is 9.59 Å². The van der Waals surface area contributed by atoms with Gasteiger partial charge in [-0.15, -0.1) is 10.2 Å². The van der Waals surface area contributed by atoms with Crippen LogP contribution in [0.5, 0.6) is 11.5 Å². The number of carbonyl (C=O) groups excluding carboxylic acids is 2. The van der Waals surface area contributed by atoms with Crippen molar-refractivity contribution in [1.82, 2.24) is 20.8 Å². The first-order valence-corrected chi connectivity index (χ1v) is 11.9. The van der Waals surface area contributed by atoms with E-state index in [0.29, 0.717) is 26.7 Å². The minimum absolute atomic E-state index is 0.0156. The molecule has 11 heteroatoms. The molecule has 2 amide bonds. The average molecular weight is 455 g/mol. The standard InChI is InChI=1S/C18H22N4O4S3/c1-3-6-19-15(23)8-27-17-21-22-18(29-17)28-9-16(24)20-11(2)12-4-5-13-14(7-12)26-10-25-13/h4-5,7,11H,3,6,8-10H2,1-2H3,(H,19,23)(H,20,24). The molecule has 156 valence electrons. The van der Waals surface area contributed by atoms with Crippen LogP contribution in [0, 0.1) is 0 Å². The number of thioether (sulfide) groups is 2. The van der Waals surface area contributed by atoms with Crippen molar-refractivity contribution in [2.75, 3.05) is 24.8 Å². The lowest BCUT2D eigenvalue weighted by Crippen LogP contribution is -2.28. The fourth-order valence-electron chi connectivity index (χ4n) is 2.43. The Morgan fingerprint density at radius 1 is 1.14 bits per heavy atom. The van der Waals surface area contributed by atoms with Crippen molar-refractivity contribution in [2.24, 2.45) is 0 Å². The molecule has 1 atom stereocenters. The van der Waals surface area contributed by atoms with Crippen molar-refractivity contribution in [1.29, 1.82) is 0 Å². The van der Waals surface area contributed by atoms with Gasteiger partial charge in [0, 0.05) is 6.54 Å². The van der Waals surface area contributed by atoms with Crippen LogP contribution in [0.3, 0.4) is 0 Å². The SMILES string of the molecule is CCCNC(=O)CSc1nnc(SCC(=O)NC(C)c2ccc3c(c2)OCO3)s1. The second kappa shape index (κ2) is 10.7. The van der Waals surface area contributed by atoms with Crippen LogP contribution in [-0.4, -0.2) is 46.9 Å². The van der Waals surface area contributed by atoms with Gasteiger partial charge in [0.05, 0.1) is 17.5 Å². The van der Waals surface area contributed by atoms with Gasteiger partial charge in [-0.25, -0.2) is 0 Å². The molecule has 2 aromatic rings. The van der Waals surface area contributed by atoms with Gasteiger partial charge in [0.1, 0.15) is 0 Å². The van der Waals surface area contributed by atoms with E-state index in [2.05, 4.69) is 20.8 Å². The maximum atomic E-state index is 12.3. The minimum atomic E-state index is -0.153. The molecular weight excluding hydrogens is 432 g/mol. The van der Waals surface area contributed by atoms with Crippen molar-refractivity contribution in [3.8, 4) is 11.5 Å². The zero-order chi connectivity index (χ0) is 20.6. The van der Waals surface area contributed by atoms with E-state index in [1.54, 1.807) is 0 Å². The summed E-state index contributed by atoms with van der Waals surface area (Å²) in [4.78, 5) is 23.9. The predicted molar refractivity (Wildman–Crippen MR) is 114 cm³/mol. The Kier molecular flexibility index (Phi) is 8.01. The van der Waals surface area contributed by atoms with Gasteiger partial charge in [-0.1, -0.05) is 47.9 Å². The molecule has 1 aromatic heterocycles. The topological polar surface area (TPSA) is 102 Å². The number of rotatable bonds is 10. The highest BCUT2D eigenvalue weighted by atomic mass is 32.2. The number of fused-ring (bicyclic) bond motifs is 1. The molecule has 1 aromatic carbocycles. The highest BCUT2D eigenvalue weighted by Gasteiger charge is 2.17. The normalized spacial score (nSPS) is 13.2. The summed E-state index contributed by atoms with van der Waals surface area (Å²) in [7, 11) is 0. The van der Waals surface area contributed by atoms with E-state index < -0.39 is 0 Å². The summed E-state index contributed by atoms with van der Waals surface area (Å²) in [6, 6.07) is 5.49. The molecule has 0 saturated heterocycles. The smallest absolute Gasteiger partial charge is 0.231 e. The number of carbonyl (C=O) groups is 2. The first kappa shape index (κ1) is 21.7. The second-order valence-corrected chi connectivity index (χ2v) is 9.59. The average Bonchev–Trinajstić information content (AvgIpc) is 3.37. The largest absolute Gasteiger partial charge is 0.454 e. The van der Waals surface area contributed by atoms with Crippen LogP contribution in [0.15, 0.2) is 26.9 Å². The van der Waals surface area contributed by atoms with Crippen molar-refractivity contribution in [3.05, 3.63) is 23.8 Å². The molecule has 1 aliphatic heterocycles. The second-order valence-electron chi connectivity index (χ2n) is 6.16. The number of benzene rings is 1. The number of hydrogen-bond donors (Lipinski definition) is 2. The highest BCUT2D eigenvalue weighted by Crippen LogP contribution is 2.34. The van der Waals surface area contributed by atoms with Gasteiger partial charge in [-0.3, -0.25) is 9.59 Å². The van der Waals surface area contributed by atoms with Gasteiger partial charge in [-0.2, -0.15) is 0 Å². The molecule has 0 spiro atoms. The van der Waals surface area contributed by atoms with E-state index in [0.717, 1.165) is 17.7 Å². The Morgan fingerprint density at radius 3 is 2.55 bits per heavy atom. The Bertz CT molecular complexity index is 861. The van der Waals surface area contributed by atoms with Crippen LogP contribution >= 0.6 is 34.9 Å². The van der Waals surface area contributed by atoms with E-state index >= 15 is 0 Å². The van der Waals surface area contributed by atoms with Crippen molar-refractivity contribution >= 4 is 46.7 Å². The predicted octanol–water partition coefficient (Wildman–Crippen LogP) is 2.85. The summed E-state index contributed by atoms with van der Waals surface area (Å²) < 4.78 is 12.1. The Hall–Kier alpha value is -1.98. The van der Waals surface area contributed by atoms with Crippen LogP contribution in [0.2, 0.25) is 0 Å². The fraction of sp³-hybridized carbons (Fsp3) is 0.444. The molecule has 1 unspecified atom stereocenters. The third-order valence-corrected chi connectivity index (χ3v) is 7.08. The zero-order valence-electron chi connectivity index (χ0n) is 16.1. The summed E-state index contributed by atoms with van der Waals surface area (Å²) in [6.45, 7) is 4.83. The van der Waals surface area contributed by atoms with Crippen LogP contribution < -0.4 is 20.1 Å². The van der Waals surface area contributed by atoms with Crippen LogP contribution in [0.25, 0.3) is 0 Å². The molecule has 29 heavy (non-hydrogen) atoms. The Balaban J connectivity index is 1.41. The number of amides is 2. The lowest BCUT2D eigenvalue weighted by atomic mass is 10.1. The van der Waals surface area contributed by atoms with Crippen LogP contribution in [-0.2, 0) is 9.59 Å². The fourth-order valence-corrected chi connectivity index (χ4v) is 5.09. The Labute approximate surface area is 181 Å². The molecule has 0 saturated carbocycles. The lowest BCUT2D eigenvalue weighted by molar-refractivity contribution is -0.119. The van der Waals surface area contributed by atoms with E-state index in [-0.39, 0.29) is 30.4 Å². The number of aromatic nitrogens is 2. The lowest BCUT2D eigenvalue weighted by Gasteiger charge is -2.14. The zero-order valence-corrected chi connectivity index (χ0v) is 18.5. The van der Waals surface area contributed by atoms with E-state index in [1.165, 1.54) is 34.9 Å². The minimum Gasteiger partial charge on any atom is -0.454 e. The number of ether oxygens (including phenoxy) is 2. The summed E-state index contributed by atoms with van der Waals surface area (Å²) in [5.41, 5.74) is 0.948. The molecular formula is C18H22N4O4S3. The third-order valence-electron chi connectivity index (χ3n) is 3.89. The molecule has 0 bridgehead atoms. The van der Waals surface area contributed by atoms with Gasteiger partial charge < -0.3 is 20.1 Å². The van der Waals surface area contributed by atoms with Crippen molar-refractivity contribution in [2.45, 2.75) is 35.0 Å². The summed E-state index contributed by atoms with van der Waals surface area (Å²) in [5, 5.41) is 13.9. The van der Waals surface area contributed by atoms with Gasteiger partial charge >= 0.3 is 0 Å². The number of nitrogens with one attached hydrogen (secondary N) is 2. The quantitative estimate of drug-likeness (QED) is 0.529. The molecule has 0 fully saturated rings. The summed E-state index contributed by atoms with van der Waals surface area (Å²) in [5.74, 6) is 1.86. The van der Waals surface area contributed by atoms with Crippen molar-refractivity contribution in [3.63, 3.8) is 0 Å². The first-order chi connectivity index (χ1) is 14.0. The maximum Gasteiger partial charge on any atom is 0.231 e. The van der Waals surface area contributed by atoms with E-state index in [4.69, 9.17) is 9.47 Å². The van der Waals surface area contributed by atoms with Crippen molar-refractivity contribution < 1.29 is 19.1 Å².